The van der Waals surface area contributed by atoms with Crippen LogP contribution in [0.1, 0.15) is 6.92 Å². The molecule has 6 nitrogen and oxygen atoms in total. The molecule has 0 aromatic heterocycles. The Morgan fingerprint density at radius 3 is 2.50 bits per heavy atom. The van der Waals surface area contributed by atoms with Gasteiger partial charge in [-0.05, 0) is 6.92 Å². The molecule has 16 heavy (non-hydrogen) atoms. The zero-order valence-electron chi connectivity index (χ0n) is 9.99. The molecule has 0 amide bonds. The van der Waals surface area contributed by atoms with Gasteiger partial charge in [-0.2, -0.15) is 0 Å². The van der Waals surface area contributed by atoms with Gasteiger partial charge in [0.25, 0.3) is 0 Å². The lowest BCUT2D eigenvalue weighted by atomic mass is 10.6. The number of ether oxygens (including phenoxy) is 2. The molecular formula is C9H22N2O4S. The van der Waals surface area contributed by atoms with Crippen molar-refractivity contribution in [3.05, 3.63) is 0 Å². The molecule has 0 aromatic carbocycles. The van der Waals surface area contributed by atoms with Crippen molar-refractivity contribution in [2.24, 2.45) is 0 Å². The normalized spacial score (nSPS) is 11.9. The topological polar surface area (TPSA) is 76.7 Å². The fourth-order valence-corrected chi connectivity index (χ4v) is 1.87. The lowest BCUT2D eigenvalue weighted by Gasteiger charge is -2.07. The fraction of sp³-hybridized carbons (Fsp3) is 1.00. The Labute approximate surface area is 97.7 Å². The van der Waals surface area contributed by atoms with Crippen LogP contribution in [-0.4, -0.2) is 60.7 Å². The van der Waals surface area contributed by atoms with Gasteiger partial charge >= 0.3 is 0 Å². The molecule has 0 aliphatic rings. The van der Waals surface area contributed by atoms with Crippen LogP contribution in [0.5, 0.6) is 0 Å². The number of hydrogen-bond acceptors (Lipinski definition) is 5. The monoisotopic (exact) mass is 254 g/mol. The van der Waals surface area contributed by atoms with Gasteiger partial charge in [-0.25, -0.2) is 13.1 Å². The van der Waals surface area contributed by atoms with E-state index in [-0.39, 0.29) is 12.4 Å². The Hall–Kier alpha value is -0.210. The standard InChI is InChI=1S/C9H22N2O4S/c1-3-15-8-9-16(12,13)11-5-4-10-6-7-14-2/h10-11H,3-9H2,1-2H3. The second-order valence-electron chi connectivity index (χ2n) is 3.15. The van der Waals surface area contributed by atoms with E-state index in [9.17, 15) is 8.42 Å². The van der Waals surface area contributed by atoms with Crippen molar-refractivity contribution >= 4 is 10.0 Å². The third-order valence-corrected chi connectivity index (χ3v) is 3.16. The van der Waals surface area contributed by atoms with Crippen LogP contribution in [0, 0.1) is 0 Å². The predicted molar refractivity (Wildman–Crippen MR) is 63.0 cm³/mol. The Bertz CT molecular complexity index is 244. The Morgan fingerprint density at radius 1 is 1.12 bits per heavy atom. The third kappa shape index (κ3) is 10.3. The molecular weight excluding hydrogens is 232 g/mol. The predicted octanol–water partition coefficient (Wildman–Crippen LogP) is -0.822. The van der Waals surface area contributed by atoms with Crippen molar-refractivity contribution in [3.8, 4) is 0 Å². The van der Waals surface area contributed by atoms with Crippen molar-refractivity contribution in [2.45, 2.75) is 6.92 Å². The van der Waals surface area contributed by atoms with Crippen LogP contribution in [0.4, 0.5) is 0 Å². The number of methoxy groups -OCH3 is 1. The molecule has 0 saturated carbocycles. The van der Waals surface area contributed by atoms with E-state index in [2.05, 4.69) is 10.0 Å². The lowest BCUT2D eigenvalue weighted by Crippen LogP contribution is -2.35. The average molecular weight is 254 g/mol. The van der Waals surface area contributed by atoms with Crippen LogP contribution < -0.4 is 10.0 Å². The molecule has 7 heteroatoms. The van der Waals surface area contributed by atoms with E-state index in [1.807, 2.05) is 6.92 Å². The Balaban J connectivity index is 3.43. The van der Waals surface area contributed by atoms with Gasteiger partial charge in [-0.3, -0.25) is 0 Å². The van der Waals surface area contributed by atoms with Gasteiger partial charge in [-0.15, -0.1) is 0 Å². The van der Waals surface area contributed by atoms with Gasteiger partial charge in [0.2, 0.25) is 10.0 Å². The van der Waals surface area contributed by atoms with Crippen LogP contribution in [0.25, 0.3) is 0 Å². The fourth-order valence-electron chi connectivity index (χ4n) is 0.979. The first-order valence-corrected chi connectivity index (χ1v) is 7.02. The van der Waals surface area contributed by atoms with Gasteiger partial charge in [0.1, 0.15) is 0 Å². The smallest absolute Gasteiger partial charge is 0.213 e. The number of rotatable bonds is 11. The van der Waals surface area contributed by atoms with Gasteiger partial charge in [0.15, 0.2) is 0 Å². The molecule has 0 saturated heterocycles. The summed E-state index contributed by atoms with van der Waals surface area (Å²) in [6.07, 6.45) is 0. The molecule has 0 atom stereocenters. The molecule has 0 bridgehead atoms. The van der Waals surface area contributed by atoms with Crippen molar-refractivity contribution in [2.75, 3.05) is 52.3 Å². The van der Waals surface area contributed by atoms with Gasteiger partial charge in [0.05, 0.1) is 19.0 Å². The highest BCUT2D eigenvalue weighted by Crippen LogP contribution is 1.84. The minimum Gasteiger partial charge on any atom is -0.383 e. The second kappa shape index (κ2) is 9.98. The van der Waals surface area contributed by atoms with Crippen LogP contribution in [0.3, 0.4) is 0 Å². The van der Waals surface area contributed by atoms with Crippen LogP contribution in [0.15, 0.2) is 0 Å². The number of sulfonamides is 1. The molecule has 0 radical (unpaired) electrons. The van der Waals surface area contributed by atoms with E-state index in [1.165, 1.54) is 0 Å². The summed E-state index contributed by atoms with van der Waals surface area (Å²) in [5.74, 6) is 0.0128. The SMILES string of the molecule is CCOCCS(=O)(=O)NCCNCCOC. The Kier molecular flexibility index (Phi) is 9.85. The summed E-state index contributed by atoms with van der Waals surface area (Å²) in [6, 6.07) is 0. The molecule has 2 N–H and O–H groups in total. The lowest BCUT2D eigenvalue weighted by molar-refractivity contribution is 0.163. The number of hydrogen-bond donors (Lipinski definition) is 2. The largest absolute Gasteiger partial charge is 0.383 e. The van der Waals surface area contributed by atoms with Crippen molar-refractivity contribution in [1.29, 1.82) is 0 Å². The molecule has 0 aliphatic carbocycles. The van der Waals surface area contributed by atoms with Gasteiger partial charge < -0.3 is 14.8 Å². The summed E-state index contributed by atoms with van der Waals surface area (Å²) in [7, 11) is -1.57. The van der Waals surface area contributed by atoms with E-state index in [0.717, 1.165) is 6.54 Å². The van der Waals surface area contributed by atoms with Crippen molar-refractivity contribution in [3.63, 3.8) is 0 Å². The Morgan fingerprint density at radius 2 is 1.88 bits per heavy atom. The summed E-state index contributed by atoms with van der Waals surface area (Å²) in [5, 5.41) is 3.04. The molecule has 0 aliphatic heterocycles. The van der Waals surface area contributed by atoms with Crippen molar-refractivity contribution in [1.82, 2.24) is 10.0 Å². The first-order chi connectivity index (χ1) is 7.62. The molecule has 98 valence electrons. The summed E-state index contributed by atoms with van der Waals surface area (Å²) >= 11 is 0. The van der Waals surface area contributed by atoms with E-state index in [0.29, 0.717) is 26.3 Å². The summed E-state index contributed by atoms with van der Waals surface area (Å²) < 4.78 is 35.0. The molecule has 0 aromatic rings. The zero-order chi connectivity index (χ0) is 12.3. The average Bonchev–Trinajstić information content (AvgIpc) is 2.23. The minimum atomic E-state index is -3.19. The quantitative estimate of drug-likeness (QED) is 0.471. The maximum absolute atomic E-state index is 11.4. The summed E-state index contributed by atoms with van der Waals surface area (Å²) in [4.78, 5) is 0. The van der Waals surface area contributed by atoms with E-state index in [4.69, 9.17) is 9.47 Å². The highest BCUT2D eigenvalue weighted by molar-refractivity contribution is 7.89. The molecule has 0 spiro atoms. The van der Waals surface area contributed by atoms with Crippen molar-refractivity contribution < 1.29 is 17.9 Å². The zero-order valence-corrected chi connectivity index (χ0v) is 10.8. The maximum Gasteiger partial charge on any atom is 0.213 e. The van der Waals surface area contributed by atoms with Gasteiger partial charge in [0, 0.05) is 33.4 Å². The molecule has 0 unspecified atom stereocenters. The molecule has 0 heterocycles. The summed E-state index contributed by atoms with van der Waals surface area (Å²) in [5.41, 5.74) is 0. The van der Waals surface area contributed by atoms with Crippen LogP contribution in [-0.2, 0) is 19.5 Å². The third-order valence-electron chi connectivity index (χ3n) is 1.81. The minimum absolute atomic E-state index is 0.0128. The highest BCUT2D eigenvalue weighted by atomic mass is 32.2. The number of nitrogens with one attached hydrogen (secondary N) is 2. The van der Waals surface area contributed by atoms with E-state index in [1.54, 1.807) is 7.11 Å². The first-order valence-electron chi connectivity index (χ1n) is 5.37. The summed E-state index contributed by atoms with van der Waals surface area (Å²) in [6.45, 7) is 4.93. The van der Waals surface area contributed by atoms with E-state index >= 15 is 0 Å². The van der Waals surface area contributed by atoms with Crippen LogP contribution >= 0.6 is 0 Å². The highest BCUT2D eigenvalue weighted by Gasteiger charge is 2.08. The van der Waals surface area contributed by atoms with E-state index < -0.39 is 10.0 Å². The van der Waals surface area contributed by atoms with Gasteiger partial charge in [-0.1, -0.05) is 0 Å². The second-order valence-corrected chi connectivity index (χ2v) is 5.08. The molecule has 0 fully saturated rings. The molecule has 0 rings (SSSR count). The first kappa shape index (κ1) is 15.8. The maximum atomic E-state index is 11.4. The van der Waals surface area contributed by atoms with Crippen LogP contribution in [0.2, 0.25) is 0 Å².